The molecular formula is C13H16N4O2. The lowest BCUT2D eigenvalue weighted by atomic mass is 10.2. The van der Waals surface area contributed by atoms with Crippen molar-refractivity contribution >= 4 is 11.9 Å². The van der Waals surface area contributed by atoms with Gasteiger partial charge in [-0.05, 0) is 25.5 Å². The van der Waals surface area contributed by atoms with Gasteiger partial charge in [0.25, 0.3) is 0 Å². The maximum absolute atomic E-state index is 11.5. The molecular weight excluding hydrogens is 244 g/mol. The first kappa shape index (κ1) is 13.1. The number of anilines is 1. The molecule has 0 bridgehead atoms. The molecule has 0 aliphatic carbocycles. The first-order valence-electron chi connectivity index (χ1n) is 6.09. The Labute approximate surface area is 111 Å². The molecule has 6 heteroatoms. The van der Waals surface area contributed by atoms with E-state index in [9.17, 15) is 4.79 Å². The van der Waals surface area contributed by atoms with Crippen LogP contribution >= 0.6 is 0 Å². The van der Waals surface area contributed by atoms with E-state index < -0.39 is 0 Å². The highest BCUT2D eigenvalue weighted by atomic mass is 16.5. The van der Waals surface area contributed by atoms with E-state index in [1.54, 1.807) is 0 Å². The molecule has 2 rings (SSSR count). The van der Waals surface area contributed by atoms with E-state index in [1.807, 2.05) is 31.2 Å². The zero-order valence-electron chi connectivity index (χ0n) is 10.7. The highest BCUT2D eigenvalue weighted by Gasteiger charge is 2.04. The summed E-state index contributed by atoms with van der Waals surface area (Å²) in [5.41, 5.74) is 1.19. The van der Waals surface area contributed by atoms with Crippen molar-refractivity contribution in [3.63, 3.8) is 0 Å². The van der Waals surface area contributed by atoms with Gasteiger partial charge in [-0.15, -0.1) is 0 Å². The van der Waals surface area contributed by atoms with Gasteiger partial charge in [-0.2, -0.15) is 10.1 Å². The molecule has 100 valence electrons. The molecule has 0 aliphatic heterocycles. The first-order chi connectivity index (χ1) is 9.24. The number of aryl methyl sites for hydroxylation is 1. The summed E-state index contributed by atoms with van der Waals surface area (Å²) in [5.74, 6) is 1.08. The fourth-order valence-electron chi connectivity index (χ4n) is 1.52. The van der Waals surface area contributed by atoms with Crippen LogP contribution in [-0.2, 0) is 4.79 Å². The third-order valence-electron chi connectivity index (χ3n) is 2.51. The number of carbonyl (C=O) groups is 1. The van der Waals surface area contributed by atoms with E-state index in [2.05, 4.69) is 20.5 Å². The number of H-pyrrole nitrogens is 1. The van der Waals surface area contributed by atoms with Crippen molar-refractivity contribution in [3.05, 3.63) is 36.2 Å². The van der Waals surface area contributed by atoms with E-state index in [0.717, 1.165) is 5.75 Å². The van der Waals surface area contributed by atoms with Gasteiger partial charge in [0.2, 0.25) is 11.9 Å². The maximum atomic E-state index is 11.5. The van der Waals surface area contributed by atoms with Crippen molar-refractivity contribution < 1.29 is 9.53 Å². The topological polar surface area (TPSA) is 79.9 Å². The quantitative estimate of drug-likeness (QED) is 0.777. The summed E-state index contributed by atoms with van der Waals surface area (Å²) >= 11 is 0. The van der Waals surface area contributed by atoms with E-state index >= 15 is 0 Å². The van der Waals surface area contributed by atoms with Crippen molar-refractivity contribution in [2.45, 2.75) is 19.8 Å². The summed E-state index contributed by atoms with van der Waals surface area (Å²) in [6, 6.07) is 7.83. The van der Waals surface area contributed by atoms with Gasteiger partial charge < -0.3 is 4.74 Å². The molecule has 0 saturated carbocycles. The Morgan fingerprint density at radius 3 is 2.84 bits per heavy atom. The minimum Gasteiger partial charge on any atom is -0.494 e. The van der Waals surface area contributed by atoms with Crippen molar-refractivity contribution in [1.29, 1.82) is 0 Å². The molecule has 2 N–H and O–H groups in total. The summed E-state index contributed by atoms with van der Waals surface area (Å²) in [6.07, 6.45) is 2.37. The number of rotatable bonds is 6. The van der Waals surface area contributed by atoms with Crippen molar-refractivity contribution in [1.82, 2.24) is 15.2 Å². The van der Waals surface area contributed by atoms with Crippen LogP contribution in [0.3, 0.4) is 0 Å². The molecule has 1 amide bonds. The highest BCUT2D eigenvalue weighted by Crippen LogP contribution is 2.11. The molecule has 19 heavy (non-hydrogen) atoms. The first-order valence-corrected chi connectivity index (χ1v) is 6.09. The molecule has 0 unspecified atom stereocenters. The predicted molar refractivity (Wildman–Crippen MR) is 70.9 cm³/mol. The third-order valence-corrected chi connectivity index (χ3v) is 2.51. The number of aromatic amines is 1. The van der Waals surface area contributed by atoms with Gasteiger partial charge in [-0.3, -0.25) is 10.1 Å². The van der Waals surface area contributed by atoms with E-state index in [0.29, 0.717) is 25.4 Å². The fraction of sp³-hybridized carbons (Fsp3) is 0.308. The van der Waals surface area contributed by atoms with E-state index in [4.69, 9.17) is 4.74 Å². The zero-order valence-corrected chi connectivity index (χ0v) is 10.7. The Kier molecular flexibility index (Phi) is 4.49. The molecule has 6 nitrogen and oxygen atoms in total. The Morgan fingerprint density at radius 1 is 1.37 bits per heavy atom. The number of aromatic nitrogens is 3. The average molecular weight is 260 g/mol. The highest BCUT2D eigenvalue weighted by molar-refractivity contribution is 5.88. The lowest BCUT2D eigenvalue weighted by Crippen LogP contribution is -2.13. The molecule has 0 aliphatic rings. The van der Waals surface area contributed by atoms with Crippen molar-refractivity contribution in [3.8, 4) is 5.75 Å². The van der Waals surface area contributed by atoms with Gasteiger partial charge in [-0.1, -0.05) is 17.7 Å². The molecule has 0 spiro atoms. The van der Waals surface area contributed by atoms with Crippen LogP contribution in [0.5, 0.6) is 5.75 Å². The molecule has 1 aromatic heterocycles. The molecule has 0 fully saturated rings. The second-order valence-electron chi connectivity index (χ2n) is 4.15. The van der Waals surface area contributed by atoms with Crippen LogP contribution in [0.15, 0.2) is 30.6 Å². The summed E-state index contributed by atoms with van der Waals surface area (Å²) < 4.78 is 5.53. The Balaban J connectivity index is 1.64. The number of carbonyl (C=O) groups excluding carboxylic acids is 1. The van der Waals surface area contributed by atoms with E-state index in [-0.39, 0.29) is 5.91 Å². The average Bonchev–Trinajstić information content (AvgIpc) is 2.89. The number of nitrogens with zero attached hydrogens (tertiary/aromatic N) is 2. The fourth-order valence-corrected chi connectivity index (χ4v) is 1.52. The number of amides is 1. The minimum absolute atomic E-state index is 0.107. The molecule has 0 radical (unpaired) electrons. The lowest BCUT2D eigenvalue weighted by molar-refractivity contribution is -0.116. The van der Waals surface area contributed by atoms with Gasteiger partial charge in [0, 0.05) is 6.42 Å². The van der Waals surface area contributed by atoms with Gasteiger partial charge in [0.05, 0.1) is 6.61 Å². The third kappa shape index (κ3) is 4.42. The van der Waals surface area contributed by atoms with Gasteiger partial charge in [0.15, 0.2) is 0 Å². The van der Waals surface area contributed by atoms with E-state index in [1.165, 1.54) is 11.9 Å². The standard InChI is InChI=1S/C13H16N4O2/c1-10-4-6-11(7-5-10)19-8-2-3-12(18)16-13-14-9-15-17-13/h4-7,9H,2-3,8H2,1H3,(H2,14,15,16,17,18). The number of benzene rings is 1. The van der Waals surface area contributed by atoms with Crippen LogP contribution in [0.25, 0.3) is 0 Å². The molecule has 1 heterocycles. The Bertz CT molecular complexity index is 508. The van der Waals surface area contributed by atoms with Crippen LogP contribution in [0.2, 0.25) is 0 Å². The van der Waals surface area contributed by atoms with Crippen LogP contribution in [0.1, 0.15) is 18.4 Å². The number of ether oxygens (including phenoxy) is 1. The summed E-state index contributed by atoms with van der Waals surface area (Å²) in [6.45, 7) is 2.53. The Hall–Kier alpha value is -2.37. The summed E-state index contributed by atoms with van der Waals surface area (Å²) in [4.78, 5) is 15.3. The monoisotopic (exact) mass is 260 g/mol. The van der Waals surface area contributed by atoms with Crippen molar-refractivity contribution in [2.75, 3.05) is 11.9 Å². The summed E-state index contributed by atoms with van der Waals surface area (Å²) in [7, 11) is 0. The SMILES string of the molecule is Cc1ccc(OCCCC(=O)Nc2ncn[nH]2)cc1. The van der Waals surface area contributed by atoms with Crippen LogP contribution in [-0.4, -0.2) is 27.7 Å². The molecule has 0 saturated heterocycles. The predicted octanol–water partition coefficient (Wildman–Crippen LogP) is 1.91. The number of nitrogens with one attached hydrogen (secondary N) is 2. The van der Waals surface area contributed by atoms with Gasteiger partial charge in [-0.25, -0.2) is 5.10 Å². The minimum atomic E-state index is -0.107. The van der Waals surface area contributed by atoms with Crippen LogP contribution < -0.4 is 10.1 Å². The maximum Gasteiger partial charge on any atom is 0.226 e. The van der Waals surface area contributed by atoms with Gasteiger partial charge in [0.1, 0.15) is 12.1 Å². The number of hydrogen-bond donors (Lipinski definition) is 2. The Morgan fingerprint density at radius 2 is 2.16 bits per heavy atom. The normalized spacial score (nSPS) is 10.2. The largest absolute Gasteiger partial charge is 0.494 e. The number of hydrogen-bond acceptors (Lipinski definition) is 4. The molecule has 1 aromatic carbocycles. The second kappa shape index (κ2) is 6.53. The van der Waals surface area contributed by atoms with Gasteiger partial charge >= 0.3 is 0 Å². The van der Waals surface area contributed by atoms with Crippen molar-refractivity contribution in [2.24, 2.45) is 0 Å². The van der Waals surface area contributed by atoms with Crippen LogP contribution in [0.4, 0.5) is 5.95 Å². The lowest BCUT2D eigenvalue weighted by Gasteiger charge is -2.06. The zero-order chi connectivity index (χ0) is 13.5. The van der Waals surface area contributed by atoms with Crippen LogP contribution in [0, 0.1) is 6.92 Å². The molecule has 2 aromatic rings. The summed E-state index contributed by atoms with van der Waals surface area (Å²) in [5, 5.41) is 8.81. The molecule has 0 atom stereocenters. The second-order valence-corrected chi connectivity index (χ2v) is 4.15. The smallest absolute Gasteiger partial charge is 0.226 e.